The first-order chi connectivity index (χ1) is 19.9. The number of methoxy groups -OCH3 is 1. The Balaban J connectivity index is 1.50. The van der Waals surface area contributed by atoms with Gasteiger partial charge in [-0.2, -0.15) is 0 Å². The fourth-order valence-corrected chi connectivity index (χ4v) is 7.28. The molecule has 1 saturated carbocycles. The van der Waals surface area contributed by atoms with Gasteiger partial charge < -0.3 is 35.0 Å². The van der Waals surface area contributed by atoms with Crippen LogP contribution in [0, 0.1) is 12.3 Å². The maximum Gasteiger partial charge on any atom is 0.358 e. The van der Waals surface area contributed by atoms with Crippen molar-refractivity contribution in [3.05, 3.63) is 74.9 Å². The molecule has 0 saturated heterocycles. The molecule has 1 aliphatic heterocycles. The number of rotatable bonds is 1. The Morgan fingerprint density at radius 2 is 1.74 bits per heavy atom. The van der Waals surface area contributed by atoms with Crippen molar-refractivity contribution >= 4 is 34.8 Å². The molecule has 8 rings (SSSR count). The van der Waals surface area contributed by atoms with E-state index in [-0.39, 0.29) is 64.2 Å². The molecule has 11 heteroatoms. The molecule has 2 bridgehead atoms. The summed E-state index contributed by atoms with van der Waals surface area (Å²) in [5.74, 6) is -6.91. The van der Waals surface area contributed by atoms with Crippen LogP contribution in [0.2, 0.25) is 0 Å². The molecular formula is C31H24O11. The average Bonchev–Trinajstić information content (AvgIpc) is 3.16. The lowest BCUT2D eigenvalue weighted by atomic mass is 9.62. The molecule has 6 aliphatic rings. The second kappa shape index (κ2) is 8.10. The lowest BCUT2D eigenvalue weighted by molar-refractivity contribution is -0.169. The third-order valence-corrected chi connectivity index (χ3v) is 9.10. The summed E-state index contributed by atoms with van der Waals surface area (Å²) in [7, 11) is 1.03. The third-order valence-electron chi connectivity index (χ3n) is 9.10. The number of esters is 1. The predicted molar refractivity (Wildman–Crippen MR) is 143 cm³/mol. The molecule has 0 radical (unpaired) electrons. The highest BCUT2D eigenvalue weighted by Gasteiger charge is 2.62. The van der Waals surface area contributed by atoms with E-state index in [1.165, 1.54) is 30.4 Å². The number of hydrogen-bond acceptors (Lipinski definition) is 11. The monoisotopic (exact) mass is 572 g/mol. The number of allylic oxidation sites excluding steroid dienone is 3. The minimum absolute atomic E-state index is 0.0176. The van der Waals surface area contributed by atoms with Gasteiger partial charge in [0.2, 0.25) is 0 Å². The molecule has 0 amide bonds. The summed E-state index contributed by atoms with van der Waals surface area (Å²) in [6.45, 7) is 1.67. The van der Waals surface area contributed by atoms with Gasteiger partial charge in [0.25, 0.3) is 5.60 Å². The Labute approximate surface area is 237 Å². The van der Waals surface area contributed by atoms with Crippen molar-refractivity contribution in [2.24, 2.45) is 5.41 Å². The molecule has 11 nitrogen and oxygen atoms in total. The number of carbonyl (C=O) groups is 4. The van der Waals surface area contributed by atoms with E-state index in [0.717, 1.165) is 7.11 Å². The molecule has 42 heavy (non-hydrogen) atoms. The summed E-state index contributed by atoms with van der Waals surface area (Å²) in [4.78, 5) is 54.1. The standard InChI is InChI=1S/C31H24O11/c1-11-7-14-20(16(33)8-11)26(37)23-24(35)13-5-6-30(23,28(14)39)10-12-9-17-21(25(36)19(12)13)27(38)22-15(32)3-4-18(34)31(22,42-17)29(40)41-2/h5-9,13,18,33-34,36-38H,3-4,10H2,1-2H3/t13-,18-,30-,31+/m0/s1. The molecule has 5 aliphatic carbocycles. The van der Waals surface area contributed by atoms with Crippen molar-refractivity contribution in [1.29, 1.82) is 0 Å². The van der Waals surface area contributed by atoms with Crippen molar-refractivity contribution in [2.75, 3.05) is 7.11 Å². The number of Topliss-reactive ketones (excluding diaryl/α,β-unsaturated/α-hetero) is 3. The molecule has 4 atom stereocenters. The molecule has 214 valence electrons. The number of benzene rings is 2. The first kappa shape index (κ1) is 26.0. The Hall–Kier alpha value is -4.90. The van der Waals surface area contributed by atoms with E-state index in [0.29, 0.717) is 5.56 Å². The van der Waals surface area contributed by atoms with Crippen LogP contribution in [0.4, 0.5) is 0 Å². The van der Waals surface area contributed by atoms with Crippen LogP contribution in [0.1, 0.15) is 56.9 Å². The van der Waals surface area contributed by atoms with Crippen molar-refractivity contribution in [2.45, 2.75) is 43.8 Å². The summed E-state index contributed by atoms with van der Waals surface area (Å²) in [5.41, 5.74) is -4.61. The lowest BCUT2D eigenvalue weighted by Crippen LogP contribution is -2.61. The number of ketones is 3. The maximum absolute atomic E-state index is 14.1. The van der Waals surface area contributed by atoms with Gasteiger partial charge in [-0.1, -0.05) is 12.2 Å². The van der Waals surface area contributed by atoms with E-state index in [2.05, 4.69) is 0 Å². The second-order valence-corrected chi connectivity index (χ2v) is 11.3. The van der Waals surface area contributed by atoms with E-state index in [1.807, 2.05) is 0 Å². The summed E-state index contributed by atoms with van der Waals surface area (Å²) in [6, 6.07) is 4.22. The minimum atomic E-state index is -2.41. The predicted octanol–water partition coefficient (Wildman–Crippen LogP) is 2.63. The number of hydrogen-bond donors (Lipinski definition) is 5. The van der Waals surface area contributed by atoms with E-state index in [9.17, 15) is 44.7 Å². The molecule has 2 aromatic carbocycles. The Kier molecular flexibility index (Phi) is 5.02. The van der Waals surface area contributed by atoms with Gasteiger partial charge >= 0.3 is 5.97 Å². The first-order valence-electron chi connectivity index (χ1n) is 13.3. The molecule has 5 N–H and O–H groups in total. The molecule has 1 heterocycles. The number of phenols is 2. The maximum atomic E-state index is 14.1. The van der Waals surface area contributed by atoms with Crippen LogP contribution < -0.4 is 4.74 Å². The SMILES string of the molecule is COC(=O)[C@]12Oc3cc4c(c(O)c3C(O)=C1C(=O)CC[C@@H]2O)[C@@H]1C=C[C@@]2(C4)C(=O)c3cc(C)cc(O)c3C(O)=C2C1=O. The van der Waals surface area contributed by atoms with Crippen molar-refractivity contribution < 1.29 is 54.2 Å². The molecule has 1 spiro atoms. The zero-order chi connectivity index (χ0) is 30.0. The number of carbonyl (C=O) groups excluding carboxylic acids is 4. The molecule has 1 fully saturated rings. The number of fused-ring (bicyclic) bond motifs is 3. The Morgan fingerprint density at radius 3 is 2.45 bits per heavy atom. The van der Waals surface area contributed by atoms with Gasteiger partial charge in [0.05, 0.1) is 35.2 Å². The molecular weight excluding hydrogens is 548 g/mol. The largest absolute Gasteiger partial charge is 0.507 e. The zero-order valence-corrected chi connectivity index (χ0v) is 22.3. The van der Waals surface area contributed by atoms with Gasteiger partial charge in [-0.05, 0) is 49.1 Å². The van der Waals surface area contributed by atoms with Gasteiger partial charge in [-0.15, -0.1) is 0 Å². The number of aliphatic hydroxyl groups excluding tert-OH is 3. The van der Waals surface area contributed by atoms with E-state index >= 15 is 0 Å². The summed E-state index contributed by atoms with van der Waals surface area (Å²) in [5, 5.41) is 55.8. The third kappa shape index (κ3) is 2.83. The van der Waals surface area contributed by atoms with Gasteiger partial charge in [0.1, 0.15) is 40.4 Å². The molecule has 2 aromatic rings. The van der Waals surface area contributed by atoms with Gasteiger partial charge in [-0.3, -0.25) is 14.4 Å². The van der Waals surface area contributed by atoms with Crippen LogP contribution in [-0.4, -0.2) is 67.7 Å². The fraction of sp³-hybridized carbons (Fsp3) is 0.290. The van der Waals surface area contributed by atoms with Crippen LogP contribution in [0.5, 0.6) is 17.2 Å². The number of ether oxygens (including phenoxy) is 2. The topological polar surface area (TPSA) is 188 Å². The van der Waals surface area contributed by atoms with E-state index in [4.69, 9.17) is 9.47 Å². The van der Waals surface area contributed by atoms with Gasteiger partial charge in [0, 0.05) is 17.5 Å². The number of aromatic hydroxyl groups is 2. The molecule has 0 aromatic heterocycles. The molecule has 0 unspecified atom stereocenters. The van der Waals surface area contributed by atoms with Crippen LogP contribution >= 0.6 is 0 Å². The minimum Gasteiger partial charge on any atom is -0.507 e. The van der Waals surface area contributed by atoms with Crippen molar-refractivity contribution in [3.8, 4) is 17.2 Å². The van der Waals surface area contributed by atoms with Crippen LogP contribution in [0.3, 0.4) is 0 Å². The smallest absolute Gasteiger partial charge is 0.358 e. The van der Waals surface area contributed by atoms with Crippen LogP contribution in [0.25, 0.3) is 11.5 Å². The van der Waals surface area contributed by atoms with E-state index in [1.54, 1.807) is 6.92 Å². The Bertz CT molecular complexity index is 1830. The lowest BCUT2D eigenvalue weighted by Gasteiger charge is -2.43. The number of aliphatic hydroxyl groups is 3. The number of aryl methyl sites for hydroxylation is 1. The van der Waals surface area contributed by atoms with Gasteiger partial charge in [-0.25, -0.2) is 4.79 Å². The van der Waals surface area contributed by atoms with Crippen LogP contribution in [-0.2, 0) is 25.5 Å². The van der Waals surface area contributed by atoms with Crippen molar-refractivity contribution in [1.82, 2.24) is 0 Å². The Morgan fingerprint density at radius 1 is 1.02 bits per heavy atom. The van der Waals surface area contributed by atoms with Gasteiger partial charge in [0.15, 0.2) is 17.3 Å². The van der Waals surface area contributed by atoms with Crippen molar-refractivity contribution in [3.63, 3.8) is 0 Å². The summed E-state index contributed by atoms with van der Waals surface area (Å²) >= 11 is 0. The highest BCUT2D eigenvalue weighted by Crippen LogP contribution is 2.59. The normalized spacial score (nSPS) is 28.8. The summed E-state index contributed by atoms with van der Waals surface area (Å²) in [6.07, 6.45) is 0.757. The quantitative estimate of drug-likeness (QED) is 0.250. The number of phenolic OH excluding ortho intramolecular Hbond substituents is 2. The average molecular weight is 573 g/mol. The summed E-state index contributed by atoms with van der Waals surface area (Å²) < 4.78 is 10.9. The zero-order valence-electron chi connectivity index (χ0n) is 22.3. The second-order valence-electron chi connectivity index (χ2n) is 11.3. The highest BCUT2D eigenvalue weighted by molar-refractivity contribution is 6.23. The highest BCUT2D eigenvalue weighted by atomic mass is 16.6. The fourth-order valence-electron chi connectivity index (χ4n) is 7.28. The van der Waals surface area contributed by atoms with E-state index < -0.39 is 69.2 Å². The first-order valence-corrected chi connectivity index (χ1v) is 13.3. The van der Waals surface area contributed by atoms with Crippen LogP contribution in [0.15, 0.2) is 41.5 Å².